The maximum absolute atomic E-state index is 5.61. The second-order valence-corrected chi connectivity index (χ2v) is 2.79. The van der Waals surface area contributed by atoms with Crippen LogP contribution < -0.4 is 5.73 Å². The van der Waals surface area contributed by atoms with Gasteiger partial charge in [-0.25, -0.2) is 0 Å². The molecule has 0 radical (unpaired) electrons. The molecule has 1 heterocycles. The van der Waals surface area contributed by atoms with E-state index in [0.29, 0.717) is 6.61 Å². The monoisotopic (exact) mass is 239 g/mol. The highest BCUT2D eigenvalue weighted by Gasteiger charge is 2.16. The zero-order valence-corrected chi connectivity index (χ0v) is 8.45. The molecular formula is C7H11BrClNO. The van der Waals surface area contributed by atoms with Gasteiger partial charge in [0.1, 0.15) is 6.10 Å². The Balaban J connectivity index is 0.000001000. The number of hydrogen-bond donors (Lipinski definition) is 1. The van der Waals surface area contributed by atoms with E-state index in [1.54, 1.807) is 0 Å². The number of ether oxygens (including phenoxy) is 1. The van der Waals surface area contributed by atoms with Crippen molar-refractivity contribution in [2.24, 2.45) is 5.73 Å². The first kappa shape index (κ1) is 11.2. The van der Waals surface area contributed by atoms with E-state index in [-0.39, 0.29) is 24.6 Å². The quantitative estimate of drug-likeness (QED) is 0.647. The summed E-state index contributed by atoms with van der Waals surface area (Å²) in [5.41, 5.74) is 5.61. The Morgan fingerprint density at radius 2 is 2.18 bits per heavy atom. The average Bonchev–Trinajstić information content (AvgIpc) is 1.95. The highest BCUT2D eigenvalue weighted by Crippen LogP contribution is 2.10. The maximum atomic E-state index is 5.61. The van der Waals surface area contributed by atoms with Crippen molar-refractivity contribution in [1.29, 1.82) is 0 Å². The fourth-order valence-corrected chi connectivity index (χ4v) is 1.20. The summed E-state index contributed by atoms with van der Waals surface area (Å²) in [6.07, 6.45) is 2.07. The average molecular weight is 241 g/mol. The summed E-state index contributed by atoms with van der Waals surface area (Å²) in [6.45, 7) is 0.645. The van der Waals surface area contributed by atoms with Crippen molar-refractivity contribution in [3.63, 3.8) is 0 Å². The second kappa shape index (κ2) is 5.84. The molecule has 2 atom stereocenters. The zero-order valence-electron chi connectivity index (χ0n) is 6.05. The van der Waals surface area contributed by atoms with E-state index >= 15 is 0 Å². The molecule has 2 unspecified atom stereocenters. The van der Waals surface area contributed by atoms with Crippen molar-refractivity contribution in [2.45, 2.75) is 25.0 Å². The molecule has 1 rings (SSSR count). The normalized spacial score (nSPS) is 29.6. The van der Waals surface area contributed by atoms with Gasteiger partial charge in [-0.1, -0.05) is 5.92 Å². The molecule has 0 amide bonds. The third-order valence-corrected chi connectivity index (χ3v) is 1.76. The van der Waals surface area contributed by atoms with Gasteiger partial charge in [0.2, 0.25) is 0 Å². The molecule has 64 valence electrons. The lowest BCUT2D eigenvalue weighted by Crippen LogP contribution is -2.34. The predicted molar refractivity (Wildman–Crippen MR) is 50.9 cm³/mol. The van der Waals surface area contributed by atoms with Gasteiger partial charge in [-0.05, 0) is 17.7 Å². The third-order valence-electron chi connectivity index (χ3n) is 1.53. The summed E-state index contributed by atoms with van der Waals surface area (Å²) >= 11 is 3.03. The van der Waals surface area contributed by atoms with Crippen LogP contribution in [-0.2, 0) is 4.74 Å². The predicted octanol–water partition coefficient (Wildman–Crippen LogP) is 1.27. The molecule has 0 aliphatic carbocycles. The van der Waals surface area contributed by atoms with Gasteiger partial charge in [-0.15, -0.1) is 12.4 Å². The second-order valence-electron chi connectivity index (χ2n) is 2.40. The van der Waals surface area contributed by atoms with Crippen LogP contribution in [0.2, 0.25) is 0 Å². The smallest absolute Gasteiger partial charge is 0.119 e. The SMILES string of the molecule is Cl.NC1CCC(C#CBr)OC1. The lowest BCUT2D eigenvalue weighted by molar-refractivity contribution is 0.0402. The van der Waals surface area contributed by atoms with Crippen LogP contribution in [0.4, 0.5) is 0 Å². The Labute approximate surface area is 81.4 Å². The summed E-state index contributed by atoms with van der Waals surface area (Å²) in [7, 11) is 0. The van der Waals surface area contributed by atoms with E-state index in [1.165, 1.54) is 0 Å². The zero-order chi connectivity index (χ0) is 7.40. The number of halogens is 2. The van der Waals surface area contributed by atoms with E-state index in [2.05, 4.69) is 26.7 Å². The topological polar surface area (TPSA) is 35.2 Å². The molecule has 0 bridgehead atoms. The molecule has 11 heavy (non-hydrogen) atoms. The molecular weight excluding hydrogens is 229 g/mol. The lowest BCUT2D eigenvalue weighted by Gasteiger charge is -2.22. The summed E-state index contributed by atoms with van der Waals surface area (Å²) in [5.74, 6) is 2.89. The number of nitrogens with two attached hydrogens (primary N) is 1. The van der Waals surface area contributed by atoms with Crippen molar-refractivity contribution in [3.8, 4) is 10.8 Å². The summed E-state index contributed by atoms with van der Waals surface area (Å²) in [4.78, 5) is 2.65. The van der Waals surface area contributed by atoms with Gasteiger partial charge in [0.25, 0.3) is 0 Å². The van der Waals surface area contributed by atoms with E-state index in [1.807, 2.05) is 0 Å². The molecule has 0 spiro atoms. The first-order chi connectivity index (χ1) is 4.83. The van der Waals surface area contributed by atoms with Crippen molar-refractivity contribution in [3.05, 3.63) is 0 Å². The molecule has 0 aromatic rings. The molecule has 0 aromatic carbocycles. The lowest BCUT2D eigenvalue weighted by atomic mass is 10.1. The molecule has 4 heteroatoms. The summed E-state index contributed by atoms with van der Waals surface area (Å²) in [6, 6.07) is 0.216. The molecule has 0 saturated carbocycles. The van der Waals surface area contributed by atoms with Crippen LogP contribution in [0.5, 0.6) is 0 Å². The standard InChI is InChI=1S/C7H10BrNO.ClH/c8-4-3-7-2-1-6(9)5-10-7;/h6-7H,1-2,5,9H2;1H. The van der Waals surface area contributed by atoms with Crippen molar-refractivity contribution in [2.75, 3.05) is 6.61 Å². The maximum Gasteiger partial charge on any atom is 0.119 e. The molecule has 0 aromatic heterocycles. The summed E-state index contributed by atoms with van der Waals surface area (Å²) in [5, 5.41) is 0. The van der Waals surface area contributed by atoms with Crippen molar-refractivity contribution < 1.29 is 4.74 Å². The Morgan fingerprint density at radius 3 is 2.64 bits per heavy atom. The molecule has 1 fully saturated rings. The first-order valence-corrected chi connectivity index (χ1v) is 4.10. The fourth-order valence-electron chi connectivity index (χ4n) is 0.947. The van der Waals surface area contributed by atoms with E-state index < -0.39 is 0 Å². The molecule has 1 aliphatic heterocycles. The molecule has 2 nitrogen and oxygen atoms in total. The number of hydrogen-bond acceptors (Lipinski definition) is 2. The van der Waals surface area contributed by atoms with E-state index in [9.17, 15) is 0 Å². The van der Waals surface area contributed by atoms with E-state index in [4.69, 9.17) is 10.5 Å². The van der Waals surface area contributed by atoms with Crippen LogP contribution in [-0.4, -0.2) is 18.8 Å². The van der Waals surface area contributed by atoms with Crippen LogP contribution in [0, 0.1) is 10.8 Å². The summed E-state index contributed by atoms with van der Waals surface area (Å²) < 4.78 is 5.30. The first-order valence-electron chi connectivity index (χ1n) is 3.31. The Morgan fingerprint density at radius 1 is 1.45 bits per heavy atom. The van der Waals surface area contributed by atoms with E-state index in [0.717, 1.165) is 12.8 Å². The van der Waals surface area contributed by atoms with Crippen LogP contribution >= 0.6 is 28.3 Å². The van der Waals surface area contributed by atoms with Gasteiger partial charge in [-0.2, -0.15) is 0 Å². The van der Waals surface area contributed by atoms with Gasteiger partial charge in [0.05, 0.1) is 6.61 Å². The largest absolute Gasteiger partial charge is 0.364 e. The van der Waals surface area contributed by atoms with Crippen LogP contribution in [0.1, 0.15) is 12.8 Å². The number of rotatable bonds is 0. The fraction of sp³-hybridized carbons (Fsp3) is 0.714. The molecule has 2 N–H and O–H groups in total. The van der Waals surface area contributed by atoms with Crippen LogP contribution in [0.3, 0.4) is 0 Å². The van der Waals surface area contributed by atoms with Crippen molar-refractivity contribution in [1.82, 2.24) is 0 Å². The highest BCUT2D eigenvalue weighted by molar-refractivity contribution is 9.12. The molecule has 1 saturated heterocycles. The Kier molecular flexibility index (Phi) is 5.98. The Bertz CT molecular complexity index is 158. The van der Waals surface area contributed by atoms with Crippen molar-refractivity contribution >= 4 is 28.3 Å². The minimum absolute atomic E-state index is 0. The van der Waals surface area contributed by atoms with Gasteiger partial charge in [0.15, 0.2) is 0 Å². The van der Waals surface area contributed by atoms with Gasteiger partial charge >= 0.3 is 0 Å². The van der Waals surface area contributed by atoms with Gasteiger partial charge < -0.3 is 10.5 Å². The van der Waals surface area contributed by atoms with Crippen LogP contribution in [0.15, 0.2) is 0 Å². The van der Waals surface area contributed by atoms with Gasteiger partial charge in [0, 0.05) is 22.0 Å². The minimum atomic E-state index is 0. The van der Waals surface area contributed by atoms with Crippen LogP contribution in [0.25, 0.3) is 0 Å². The Hall–Kier alpha value is 0.250. The molecule has 1 aliphatic rings. The highest BCUT2D eigenvalue weighted by atomic mass is 79.9. The minimum Gasteiger partial charge on any atom is -0.364 e. The van der Waals surface area contributed by atoms with Gasteiger partial charge in [-0.3, -0.25) is 0 Å². The third kappa shape index (κ3) is 3.97.